The molecule has 0 saturated carbocycles. The van der Waals surface area contributed by atoms with Gasteiger partial charge in [0, 0.05) is 36.0 Å². The molecule has 1 N–H and O–H groups in total. The molecule has 1 aromatic rings. The first-order valence-corrected chi connectivity index (χ1v) is 7.08. The van der Waals surface area contributed by atoms with Crippen LogP contribution in [-0.4, -0.2) is 31.9 Å². The lowest BCUT2D eigenvalue weighted by Crippen LogP contribution is -2.22. The minimum absolute atomic E-state index is 0.589. The molecule has 0 unspecified atom stereocenters. The van der Waals surface area contributed by atoms with Crippen LogP contribution in [0.3, 0.4) is 0 Å². The molecule has 0 radical (unpaired) electrons. The number of ether oxygens (including phenoxy) is 2. The summed E-state index contributed by atoms with van der Waals surface area (Å²) in [5.41, 5.74) is 1.08. The van der Waals surface area contributed by atoms with Crippen LogP contribution in [0.4, 0.5) is 0 Å². The molecule has 0 aromatic carbocycles. The van der Waals surface area contributed by atoms with Crippen molar-refractivity contribution in [1.82, 2.24) is 10.3 Å². The van der Waals surface area contributed by atoms with Gasteiger partial charge in [-0.1, -0.05) is 0 Å². The fraction of sp³-hybridized carbons (Fsp3) is 0.615. The van der Waals surface area contributed by atoms with E-state index in [0.29, 0.717) is 5.92 Å². The van der Waals surface area contributed by atoms with Gasteiger partial charge in [-0.05, 0) is 47.8 Å². The van der Waals surface area contributed by atoms with E-state index in [2.05, 4.69) is 26.2 Å². The first-order chi connectivity index (χ1) is 8.79. The maximum absolute atomic E-state index is 5.86. The van der Waals surface area contributed by atoms with Crippen LogP contribution in [-0.2, 0) is 11.3 Å². The van der Waals surface area contributed by atoms with Crippen molar-refractivity contribution in [3.8, 4) is 5.88 Å². The molecule has 0 bridgehead atoms. The Bertz CT molecular complexity index is 381. The summed E-state index contributed by atoms with van der Waals surface area (Å²) in [5.74, 6) is 1.32. The molecule has 4 nitrogen and oxygen atoms in total. The van der Waals surface area contributed by atoms with E-state index < -0.39 is 0 Å². The Balaban J connectivity index is 1.94. The SMILES string of the molecule is CNCc1cc(Br)cnc1OCC1CCOCC1. The zero-order valence-electron chi connectivity index (χ0n) is 10.6. The van der Waals surface area contributed by atoms with Crippen molar-refractivity contribution in [3.63, 3.8) is 0 Å². The van der Waals surface area contributed by atoms with E-state index in [-0.39, 0.29) is 0 Å². The molecule has 0 spiro atoms. The van der Waals surface area contributed by atoms with Crippen LogP contribution in [0.25, 0.3) is 0 Å². The van der Waals surface area contributed by atoms with Crippen LogP contribution in [0.1, 0.15) is 18.4 Å². The second-order valence-electron chi connectivity index (χ2n) is 4.51. The summed E-state index contributed by atoms with van der Waals surface area (Å²) < 4.78 is 12.2. The zero-order chi connectivity index (χ0) is 12.8. The van der Waals surface area contributed by atoms with Crippen LogP contribution < -0.4 is 10.1 Å². The van der Waals surface area contributed by atoms with Gasteiger partial charge in [-0.25, -0.2) is 4.98 Å². The monoisotopic (exact) mass is 314 g/mol. The summed E-state index contributed by atoms with van der Waals surface area (Å²) in [6.45, 7) is 3.20. The summed E-state index contributed by atoms with van der Waals surface area (Å²) in [6.07, 6.45) is 3.94. The fourth-order valence-electron chi connectivity index (χ4n) is 2.03. The molecule has 1 aromatic heterocycles. The maximum Gasteiger partial charge on any atom is 0.217 e. The van der Waals surface area contributed by atoms with Crippen LogP contribution in [0, 0.1) is 5.92 Å². The van der Waals surface area contributed by atoms with E-state index in [4.69, 9.17) is 9.47 Å². The number of aromatic nitrogens is 1. The summed E-state index contributed by atoms with van der Waals surface area (Å²) in [4.78, 5) is 4.34. The van der Waals surface area contributed by atoms with Crippen molar-refractivity contribution in [1.29, 1.82) is 0 Å². The standard InChI is InChI=1S/C13H19BrN2O2/c1-15-7-11-6-12(14)8-16-13(11)18-9-10-2-4-17-5-3-10/h6,8,10,15H,2-5,7,9H2,1H3. The minimum Gasteiger partial charge on any atom is -0.477 e. The summed E-state index contributed by atoms with van der Waals surface area (Å²) in [5, 5.41) is 3.13. The van der Waals surface area contributed by atoms with Crippen molar-refractivity contribution in [2.45, 2.75) is 19.4 Å². The van der Waals surface area contributed by atoms with Crippen molar-refractivity contribution in [3.05, 3.63) is 22.3 Å². The Kier molecular flexibility index (Phi) is 5.41. The molecule has 18 heavy (non-hydrogen) atoms. The molecule has 1 fully saturated rings. The largest absolute Gasteiger partial charge is 0.477 e. The highest BCUT2D eigenvalue weighted by Gasteiger charge is 2.15. The number of rotatable bonds is 5. The number of hydrogen-bond donors (Lipinski definition) is 1. The van der Waals surface area contributed by atoms with Crippen LogP contribution in [0.5, 0.6) is 5.88 Å². The summed E-state index contributed by atoms with van der Waals surface area (Å²) in [6, 6.07) is 2.04. The number of hydrogen-bond acceptors (Lipinski definition) is 4. The predicted octanol–water partition coefficient (Wildman–Crippen LogP) is 2.37. The molecular formula is C13H19BrN2O2. The van der Waals surface area contributed by atoms with Crippen LogP contribution in [0.15, 0.2) is 16.7 Å². The third-order valence-corrected chi connectivity index (χ3v) is 3.49. The highest BCUT2D eigenvalue weighted by atomic mass is 79.9. The maximum atomic E-state index is 5.86. The van der Waals surface area contributed by atoms with Crippen LogP contribution in [0.2, 0.25) is 0 Å². The third kappa shape index (κ3) is 3.93. The second-order valence-corrected chi connectivity index (χ2v) is 5.43. The number of nitrogens with one attached hydrogen (secondary N) is 1. The molecule has 1 saturated heterocycles. The van der Waals surface area contributed by atoms with Gasteiger partial charge in [-0.2, -0.15) is 0 Å². The quantitative estimate of drug-likeness (QED) is 0.906. The van der Waals surface area contributed by atoms with Gasteiger partial charge in [-0.15, -0.1) is 0 Å². The zero-order valence-corrected chi connectivity index (χ0v) is 12.2. The fourth-order valence-corrected chi connectivity index (χ4v) is 2.40. The highest BCUT2D eigenvalue weighted by Crippen LogP contribution is 2.22. The van der Waals surface area contributed by atoms with E-state index >= 15 is 0 Å². The van der Waals surface area contributed by atoms with E-state index in [9.17, 15) is 0 Å². The van der Waals surface area contributed by atoms with Crippen molar-refractivity contribution in [2.75, 3.05) is 26.9 Å². The van der Waals surface area contributed by atoms with Gasteiger partial charge in [0.15, 0.2) is 0 Å². The van der Waals surface area contributed by atoms with E-state index in [1.54, 1.807) is 6.20 Å². The number of halogens is 1. The normalized spacial score (nSPS) is 16.8. The first kappa shape index (κ1) is 13.8. The van der Waals surface area contributed by atoms with Gasteiger partial charge in [-0.3, -0.25) is 0 Å². The van der Waals surface area contributed by atoms with E-state index in [1.165, 1.54) is 0 Å². The van der Waals surface area contributed by atoms with Crippen molar-refractivity contribution >= 4 is 15.9 Å². The molecule has 2 rings (SSSR count). The highest BCUT2D eigenvalue weighted by molar-refractivity contribution is 9.10. The average molecular weight is 315 g/mol. The van der Waals surface area contributed by atoms with Gasteiger partial charge in [0.05, 0.1) is 6.61 Å². The van der Waals surface area contributed by atoms with Gasteiger partial charge >= 0.3 is 0 Å². The Morgan fingerprint density at radius 3 is 3.00 bits per heavy atom. The summed E-state index contributed by atoms with van der Waals surface area (Å²) in [7, 11) is 1.92. The average Bonchev–Trinajstić information content (AvgIpc) is 2.39. The molecule has 0 atom stereocenters. The molecule has 1 aliphatic rings. The molecule has 100 valence electrons. The molecular weight excluding hydrogens is 296 g/mol. The Labute approximate surface area is 116 Å². The van der Waals surface area contributed by atoms with E-state index in [0.717, 1.165) is 55.1 Å². The van der Waals surface area contributed by atoms with Crippen molar-refractivity contribution in [2.24, 2.45) is 5.92 Å². The van der Waals surface area contributed by atoms with Crippen LogP contribution >= 0.6 is 15.9 Å². The molecule has 5 heteroatoms. The lowest BCUT2D eigenvalue weighted by molar-refractivity contribution is 0.0488. The smallest absolute Gasteiger partial charge is 0.217 e. The first-order valence-electron chi connectivity index (χ1n) is 6.29. The Morgan fingerprint density at radius 1 is 1.50 bits per heavy atom. The predicted molar refractivity (Wildman–Crippen MR) is 73.7 cm³/mol. The topological polar surface area (TPSA) is 43.4 Å². The Morgan fingerprint density at radius 2 is 2.28 bits per heavy atom. The van der Waals surface area contributed by atoms with Gasteiger partial charge in [0.1, 0.15) is 0 Å². The van der Waals surface area contributed by atoms with E-state index in [1.807, 2.05) is 13.1 Å². The third-order valence-electron chi connectivity index (χ3n) is 3.06. The molecule has 0 amide bonds. The lowest BCUT2D eigenvalue weighted by atomic mass is 10.0. The van der Waals surface area contributed by atoms with Crippen molar-refractivity contribution < 1.29 is 9.47 Å². The second kappa shape index (κ2) is 7.07. The number of pyridine rings is 1. The molecule has 1 aliphatic heterocycles. The van der Waals surface area contributed by atoms with Gasteiger partial charge in [0.25, 0.3) is 0 Å². The van der Waals surface area contributed by atoms with Gasteiger partial charge in [0.2, 0.25) is 5.88 Å². The van der Waals surface area contributed by atoms with Gasteiger partial charge < -0.3 is 14.8 Å². The minimum atomic E-state index is 0.589. The number of nitrogens with zero attached hydrogens (tertiary/aromatic N) is 1. The molecule has 0 aliphatic carbocycles. The Hall–Kier alpha value is -0.650. The molecule has 2 heterocycles. The summed E-state index contributed by atoms with van der Waals surface area (Å²) >= 11 is 3.43. The lowest BCUT2D eigenvalue weighted by Gasteiger charge is -2.22.